The van der Waals surface area contributed by atoms with Gasteiger partial charge in [0, 0.05) is 6.42 Å². The van der Waals surface area contributed by atoms with Gasteiger partial charge in [-0.1, -0.05) is 11.6 Å². The lowest BCUT2D eigenvalue weighted by atomic mass is 10.0. The van der Waals surface area contributed by atoms with Crippen molar-refractivity contribution in [3.63, 3.8) is 0 Å². The van der Waals surface area contributed by atoms with E-state index in [0.717, 1.165) is 0 Å². The number of ether oxygens (including phenoxy) is 1. The summed E-state index contributed by atoms with van der Waals surface area (Å²) in [5.74, 6) is 0.487. The van der Waals surface area contributed by atoms with Crippen LogP contribution in [0.3, 0.4) is 0 Å². The fourth-order valence-electron chi connectivity index (χ4n) is 1.31. The summed E-state index contributed by atoms with van der Waals surface area (Å²) in [6.07, 6.45) is 0.410. The molecule has 0 aromatic heterocycles. The maximum atomic E-state index is 11.4. The van der Waals surface area contributed by atoms with Gasteiger partial charge in [-0.15, -0.1) is 0 Å². The number of fused-ring (bicyclic) bond motifs is 1. The third-order valence-electron chi connectivity index (χ3n) is 2.00. The molecule has 0 fully saturated rings. The average molecular weight is 198 g/mol. The van der Waals surface area contributed by atoms with E-state index in [4.69, 9.17) is 22.1 Å². The zero-order chi connectivity index (χ0) is 9.42. The maximum Gasteiger partial charge on any atom is 0.170 e. The van der Waals surface area contributed by atoms with Crippen LogP contribution < -0.4 is 10.5 Å². The summed E-state index contributed by atoms with van der Waals surface area (Å²) in [4.78, 5) is 11.4. The zero-order valence-electron chi connectivity index (χ0n) is 6.84. The van der Waals surface area contributed by atoms with Crippen molar-refractivity contribution in [2.45, 2.75) is 6.42 Å². The van der Waals surface area contributed by atoms with Crippen LogP contribution in [0.15, 0.2) is 12.1 Å². The molecule has 0 radical (unpaired) electrons. The highest BCUT2D eigenvalue weighted by atomic mass is 35.5. The first-order chi connectivity index (χ1) is 6.20. The molecule has 1 aliphatic rings. The molecule has 0 amide bonds. The molecule has 1 aliphatic heterocycles. The van der Waals surface area contributed by atoms with Crippen molar-refractivity contribution < 1.29 is 9.53 Å². The fraction of sp³-hybridized carbons (Fsp3) is 0.222. The predicted octanol–water partition coefficient (Wildman–Crippen LogP) is 1.89. The first-order valence-corrected chi connectivity index (χ1v) is 4.32. The number of carbonyl (C=O) groups is 1. The Balaban J connectivity index is 2.63. The van der Waals surface area contributed by atoms with E-state index < -0.39 is 0 Å². The molecule has 0 atom stereocenters. The van der Waals surface area contributed by atoms with E-state index in [2.05, 4.69) is 0 Å². The summed E-state index contributed by atoms with van der Waals surface area (Å²) in [5, 5.41) is 0.338. The lowest BCUT2D eigenvalue weighted by Crippen LogP contribution is -2.15. The summed E-state index contributed by atoms with van der Waals surface area (Å²) in [6, 6.07) is 3.27. The van der Waals surface area contributed by atoms with Crippen molar-refractivity contribution >= 4 is 23.1 Å². The van der Waals surface area contributed by atoms with Crippen molar-refractivity contribution in [3.8, 4) is 5.75 Å². The van der Waals surface area contributed by atoms with Gasteiger partial charge in [0.1, 0.15) is 5.02 Å². The standard InChI is InChI=1S/C9H8ClNO2/c10-8-6(11)2-1-5-7(12)3-4-13-9(5)8/h1-2H,3-4,11H2. The number of halogens is 1. The normalized spacial score (nSPS) is 15.0. The average Bonchev–Trinajstić information content (AvgIpc) is 2.12. The van der Waals surface area contributed by atoms with Gasteiger partial charge >= 0.3 is 0 Å². The summed E-state index contributed by atoms with van der Waals surface area (Å²) >= 11 is 5.87. The monoisotopic (exact) mass is 197 g/mol. The summed E-state index contributed by atoms with van der Waals surface area (Å²) < 4.78 is 5.27. The maximum absolute atomic E-state index is 11.4. The van der Waals surface area contributed by atoms with Crippen LogP contribution in [0.1, 0.15) is 16.8 Å². The number of nitrogen functional groups attached to an aromatic ring is 1. The number of anilines is 1. The second-order valence-corrected chi connectivity index (χ2v) is 3.25. The Hall–Kier alpha value is -1.22. The van der Waals surface area contributed by atoms with E-state index in [1.54, 1.807) is 12.1 Å². The number of hydrogen-bond donors (Lipinski definition) is 1. The number of Topliss-reactive ketones (excluding diaryl/α,β-unsaturated/α-hetero) is 1. The predicted molar refractivity (Wildman–Crippen MR) is 50.3 cm³/mol. The van der Waals surface area contributed by atoms with E-state index in [-0.39, 0.29) is 5.78 Å². The molecule has 1 aromatic carbocycles. The fourth-order valence-corrected chi connectivity index (χ4v) is 1.53. The van der Waals surface area contributed by atoms with Crippen LogP contribution in [0, 0.1) is 0 Å². The molecular formula is C9H8ClNO2. The summed E-state index contributed by atoms with van der Waals surface area (Å²) in [6.45, 7) is 0.384. The lowest BCUT2D eigenvalue weighted by molar-refractivity contribution is 0.0933. The first kappa shape index (κ1) is 8.38. The SMILES string of the molecule is Nc1ccc2c(c1Cl)OCCC2=O. The topological polar surface area (TPSA) is 52.3 Å². The van der Waals surface area contributed by atoms with Gasteiger partial charge in [0.05, 0.1) is 17.9 Å². The van der Waals surface area contributed by atoms with Gasteiger partial charge < -0.3 is 10.5 Å². The van der Waals surface area contributed by atoms with Crippen molar-refractivity contribution in [3.05, 3.63) is 22.7 Å². The molecule has 1 heterocycles. The van der Waals surface area contributed by atoms with Crippen LogP contribution in [0.5, 0.6) is 5.75 Å². The van der Waals surface area contributed by atoms with E-state index in [1.807, 2.05) is 0 Å². The number of carbonyl (C=O) groups excluding carboxylic acids is 1. The highest BCUT2D eigenvalue weighted by Crippen LogP contribution is 2.36. The van der Waals surface area contributed by atoms with Crippen molar-refractivity contribution in [2.24, 2.45) is 0 Å². The first-order valence-electron chi connectivity index (χ1n) is 3.94. The Morgan fingerprint density at radius 3 is 3.00 bits per heavy atom. The Labute approximate surface area is 80.4 Å². The molecule has 2 rings (SSSR count). The number of nitrogens with two attached hydrogens (primary N) is 1. The van der Waals surface area contributed by atoms with Crippen LogP contribution >= 0.6 is 11.6 Å². The summed E-state index contributed by atoms with van der Waals surface area (Å²) in [5.41, 5.74) is 6.54. The molecule has 0 spiro atoms. The van der Waals surface area contributed by atoms with Gasteiger partial charge in [-0.3, -0.25) is 4.79 Å². The van der Waals surface area contributed by atoms with E-state index >= 15 is 0 Å². The smallest absolute Gasteiger partial charge is 0.170 e. The molecule has 0 saturated carbocycles. The van der Waals surface area contributed by atoms with Crippen LogP contribution in [0.25, 0.3) is 0 Å². The molecule has 0 saturated heterocycles. The quantitative estimate of drug-likeness (QED) is 0.647. The van der Waals surface area contributed by atoms with Gasteiger partial charge in [0.2, 0.25) is 0 Å². The third-order valence-corrected chi connectivity index (χ3v) is 2.39. The molecule has 1 aromatic rings. The zero-order valence-corrected chi connectivity index (χ0v) is 7.60. The molecular weight excluding hydrogens is 190 g/mol. The van der Waals surface area contributed by atoms with Crippen LogP contribution in [0.4, 0.5) is 5.69 Å². The molecule has 3 nitrogen and oxygen atoms in total. The molecule has 0 bridgehead atoms. The van der Waals surface area contributed by atoms with Crippen LogP contribution in [0.2, 0.25) is 5.02 Å². The van der Waals surface area contributed by atoms with Gasteiger partial charge in [-0.2, -0.15) is 0 Å². The molecule has 4 heteroatoms. The molecule has 2 N–H and O–H groups in total. The van der Waals surface area contributed by atoms with Gasteiger partial charge in [-0.05, 0) is 12.1 Å². The van der Waals surface area contributed by atoms with E-state index in [1.165, 1.54) is 0 Å². The van der Waals surface area contributed by atoms with E-state index in [9.17, 15) is 4.79 Å². The Morgan fingerprint density at radius 1 is 1.46 bits per heavy atom. The van der Waals surface area contributed by atoms with Crippen LogP contribution in [-0.4, -0.2) is 12.4 Å². The number of benzene rings is 1. The molecule has 0 aliphatic carbocycles. The minimum Gasteiger partial charge on any atom is -0.491 e. The Morgan fingerprint density at radius 2 is 2.23 bits per heavy atom. The van der Waals surface area contributed by atoms with Gasteiger partial charge in [-0.25, -0.2) is 0 Å². The van der Waals surface area contributed by atoms with Crippen molar-refractivity contribution in [1.82, 2.24) is 0 Å². The number of hydrogen-bond acceptors (Lipinski definition) is 3. The second kappa shape index (κ2) is 2.92. The van der Waals surface area contributed by atoms with Crippen molar-refractivity contribution in [1.29, 1.82) is 0 Å². The highest BCUT2D eigenvalue weighted by Gasteiger charge is 2.21. The van der Waals surface area contributed by atoms with Crippen molar-refractivity contribution in [2.75, 3.05) is 12.3 Å². The molecule has 0 unspecified atom stereocenters. The minimum atomic E-state index is 0.0585. The van der Waals surface area contributed by atoms with Gasteiger partial charge in [0.15, 0.2) is 11.5 Å². The van der Waals surface area contributed by atoms with Gasteiger partial charge in [0.25, 0.3) is 0 Å². The highest BCUT2D eigenvalue weighted by molar-refractivity contribution is 6.35. The number of rotatable bonds is 0. The summed E-state index contributed by atoms with van der Waals surface area (Å²) in [7, 11) is 0. The van der Waals surface area contributed by atoms with E-state index in [0.29, 0.717) is 35.1 Å². The largest absolute Gasteiger partial charge is 0.491 e. The Kier molecular flexibility index (Phi) is 1.88. The Bertz CT molecular complexity index is 376. The minimum absolute atomic E-state index is 0.0585. The number of ketones is 1. The van der Waals surface area contributed by atoms with Crippen LogP contribution in [-0.2, 0) is 0 Å². The second-order valence-electron chi connectivity index (χ2n) is 2.87. The molecule has 13 heavy (non-hydrogen) atoms. The third kappa shape index (κ3) is 1.25. The lowest BCUT2D eigenvalue weighted by Gasteiger charge is -2.17. The molecule has 68 valence electrons.